The molecule has 1 aromatic heterocycles. The van der Waals surface area contributed by atoms with Crippen LogP contribution in [-0.2, 0) is 13.1 Å². The van der Waals surface area contributed by atoms with Gasteiger partial charge in [0.05, 0.1) is 11.4 Å². The number of rotatable bonds is 4. The third kappa shape index (κ3) is 3.28. The van der Waals surface area contributed by atoms with Gasteiger partial charge in [-0.2, -0.15) is 0 Å². The van der Waals surface area contributed by atoms with Crippen molar-refractivity contribution in [3.05, 3.63) is 29.6 Å². The zero-order valence-corrected chi connectivity index (χ0v) is 11.5. The first-order valence-corrected chi connectivity index (χ1v) is 6.80. The Labute approximate surface area is 110 Å². The number of nitrogens with zero attached hydrogens (tertiary/aromatic N) is 3. The van der Waals surface area contributed by atoms with Gasteiger partial charge in [-0.05, 0) is 25.6 Å². The standard InChI is InChI=1S/C14H24N4/c1-3-14-11-18(8-7-17(14)2)10-13-6-4-5-12(9-15)16-13/h4-6,14H,3,7-11,15H2,1-2H3. The predicted molar refractivity (Wildman–Crippen MR) is 74.1 cm³/mol. The van der Waals surface area contributed by atoms with Crippen LogP contribution in [0, 0.1) is 0 Å². The van der Waals surface area contributed by atoms with Crippen molar-refractivity contribution in [1.82, 2.24) is 14.8 Å². The Bertz CT molecular complexity index is 380. The van der Waals surface area contributed by atoms with Gasteiger partial charge in [0.2, 0.25) is 0 Å². The third-order valence-electron chi connectivity index (χ3n) is 3.79. The van der Waals surface area contributed by atoms with Crippen molar-refractivity contribution in [3.8, 4) is 0 Å². The van der Waals surface area contributed by atoms with E-state index >= 15 is 0 Å². The molecule has 0 spiro atoms. The van der Waals surface area contributed by atoms with E-state index in [0.717, 1.165) is 37.6 Å². The van der Waals surface area contributed by atoms with Crippen LogP contribution in [0.2, 0.25) is 0 Å². The fourth-order valence-electron chi connectivity index (χ4n) is 2.55. The molecule has 1 saturated heterocycles. The molecule has 1 aliphatic rings. The van der Waals surface area contributed by atoms with Gasteiger partial charge in [-0.1, -0.05) is 13.0 Å². The Kier molecular flexibility index (Phi) is 4.69. The molecule has 0 aliphatic carbocycles. The summed E-state index contributed by atoms with van der Waals surface area (Å²) in [5.74, 6) is 0. The average Bonchev–Trinajstić information content (AvgIpc) is 2.41. The van der Waals surface area contributed by atoms with Gasteiger partial charge >= 0.3 is 0 Å². The van der Waals surface area contributed by atoms with Crippen LogP contribution >= 0.6 is 0 Å². The monoisotopic (exact) mass is 248 g/mol. The van der Waals surface area contributed by atoms with E-state index < -0.39 is 0 Å². The van der Waals surface area contributed by atoms with Gasteiger partial charge in [0.1, 0.15) is 0 Å². The van der Waals surface area contributed by atoms with Crippen LogP contribution in [0.15, 0.2) is 18.2 Å². The topological polar surface area (TPSA) is 45.4 Å². The largest absolute Gasteiger partial charge is 0.325 e. The van der Waals surface area contributed by atoms with Gasteiger partial charge in [0.15, 0.2) is 0 Å². The van der Waals surface area contributed by atoms with Crippen molar-refractivity contribution < 1.29 is 0 Å². The van der Waals surface area contributed by atoms with Gasteiger partial charge in [-0.25, -0.2) is 0 Å². The molecule has 18 heavy (non-hydrogen) atoms. The summed E-state index contributed by atoms with van der Waals surface area (Å²) in [6.45, 7) is 7.14. The number of aromatic nitrogens is 1. The second-order valence-electron chi connectivity index (χ2n) is 5.10. The Morgan fingerprint density at radius 1 is 1.33 bits per heavy atom. The molecule has 1 aromatic rings. The molecule has 0 saturated carbocycles. The first kappa shape index (κ1) is 13.5. The normalized spacial score (nSPS) is 22.3. The second-order valence-corrected chi connectivity index (χ2v) is 5.10. The molecule has 2 rings (SSSR count). The van der Waals surface area contributed by atoms with E-state index in [9.17, 15) is 0 Å². The minimum Gasteiger partial charge on any atom is -0.325 e. The van der Waals surface area contributed by atoms with Crippen LogP contribution in [0.4, 0.5) is 0 Å². The van der Waals surface area contributed by atoms with Crippen molar-refractivity contribution in [2.45, 2.75) is 32.5 Å². The third-order valence-corrected chi connectivity index (χ3v) is 3.79. The number of nitrogens with two attached hydrogens (primary N) is 1. The van der Waals surface area contributed by atoms with Gasteiger partial charge < -0.3 is 10.6 Å². The predicted octanol–water partition coefficient (Wildman–Crippen LogP) is 1.07. The van der Waals surface area contributed by atoms with Crippen molar-refractivity contribution in [1.29, 1.82) is 0 Å². The quantitative estimate of drug-likeness (QED) is 0.865. The summed E-state index contributed by atoms with van der Waals surface area (Å²) in [6.07, 6.45) is 1.21. The number of likely N-dealkylation sites (N-methyl/N-ethyl adjacent to an activating group) is 1. The van der Waals surface area contributed by atoms with E-state index in [4.69, 9.17) is 5.73 Å². The van der Waals surface area contributed by atoms with Crippen molar-refractivity contribution >= 4 is 0 Å². The van der Waals surface area contributed by atoms with Crippen LogP contribution in [-0.4, -0.2) is 47.5 Å². The molecule has 2 N–H and O–H groups in total. The number of hydrogen-bond donors (Lipinski definition) is 1. The molecule has 100 valence electrons. The lowest BCUT2D eigenvalue weighted by Crippen LogP contribution is -2.50. The highest BCUT2D eigenvalue weighted by atomic mass is 15.3. The van der Waals surface area contributed by atoms with Crippen LogP contribution in [0.1, 0.15) is 24.7 Å². The van der Waals surface area contributed by atoms with Gasteiger partial charge in [-0.3, -0.25) is 9.88 Å². The first-order chi connectivity index (χ1) is 8.72. The highest BCUT2D eigenvalue weighted by Gasteiger charge is 2.22. The van der Waals surface area contributed by atoms with E-state index in [-0.39, 0.29) is 0 Å². The summed E-state index contributed by atoms with van der Waals surface area (Å²) in [6, 6.07) is 6.81. The first-order valence-electron chi connectivity index (χ1n) is 6.80. The van der Waals surface area contributed by atoms with Crippen LogP contribution < -0.4 is 5.73 Å². The summed E-state index contributed by atoms with van der Waals surface area (Å²) in [4.78, 5) is 9.53. The summed E-state index contributed by atoms with van der Waals surface area (Å²) >= 11 is 0. The van der Waals surface area contributed by atoms with Crippen LogP contribution in [0.5, 0.6) is 0 Å². The SMILES string of the molecule is CCC1CN(Cc2cccc(CN)n2)CCN1C. The molecule has 0 bridgehead atoms. The van der Waals surface area contributed by atoms with Crippen LogP contribution in [0.3, 0.4) is 0 Å². The van der Waals surface area contributed by atoms with Crippen LogP contribution in [0.25, 0.3) is 0 Å². The Balaban J connectivity index is 1.96. The highest BCUT2D eigenvalue weighted by Crippen LogP contribution is 2.13. The summed E-state index contributed by atoms with van der Waals surface area (Å²) in [7, 11) is 2.22. The molecule has 4 heteroatoms. The second kappa shape index (κ2) is 6.27. The Hall–Kier alpha value is -0.970. The average molecular weight is 248 g/mol. The van der Waals surface area contributed by atoms with Crippen molar-refractivity contribution in [3.63, 3.8) is 0 Å². The van der Waals surface area contributed by atoms with E-state index in [2.05, 4.69) is 40.9 Å². The lowest BCUT2D eigenvalue weighted by atomic mass is 10.1. The molecule has 1 atom stereocenters. The molecule has 2 heterocycles. The van der Waals surface area contributed by atoms with Gasteiger partial charge in [0.25, 0.3) is 0 Å². The fourth-order valence-corrected chi connectivity index (χ4v) is 2.55. The molecule has 1 fully saturated rings. The molecule has 4 nitrogen and oxygen atoms in total. The van der Waals surface area contributed by atoms with Crippen molar-refractivity contribution in [2.75, 3.05) is 26.7 Å². The molecule has 1 unspecified atom stereocenters. The van der Waals surface area contributed by atoms with Gasteiger partial charge in [0, 0.05) is 38.8 Å². The number of piperazine rings is 1. The Morgan fingerprint density at radius 3 is 2.83 bits per heavy atom. The van der Waals surface area contributed by atoms with E-state index in [0.29, 0.717) is 12.6 Å². The lowest BCUT2D eigenvalue weighted by Gasteiger charge is -2.39. The zero-order chi connectivity index (χ0) is 13.0. The number of pyridine rings is 1. The highest BCUT2D eigenvalue weighted by molar-refractivity contribution is 5.11. The number of hydrogen-bond acceptors (Lipinski definition) is 4. The van der Waals surface area contributed by atoms with E-state index in [1.54, 1.807) is 0 Å². The molecular weight excluding hydrogens is 224 g/mol. The minimum absolute atomic E-state index is 0.522. The molecule has 1 aliphatic heterocycles. The summed E-state index contributed by atoms with van der Waals surface area (Å²) in [5, 5.41) is 0. The maximum absolute atomic E-state index is 5.63. The minimum atomic E-state index is 0.522. The smallest absolute Gasteiger partial charge is 0.0547 e. The lowest BCUT2D eigenvalue weighted by molar-refractivity contribution is 0.0875. The van der Waals surface area contributed by atoms with Gasteiger partial charge in [-0.15, -0.1) is 0 Å². The molecule has 0 radical (unpaired) electrons. The maximum Gasteiger partial charge on any atom is 0.0547 e. The molecule has 0 aromatic carbocycles. The van der Waals surface area contributed by atoms with Crippen molar-refractivity contribution in [2.24, 2.45) is 5.73 Å². The molecule has 0 amide bonds. The van der Waals surface area contributed by atoms with E-state index in [1.807, 2.05) is 6.07 Å². The maximum atomic E-state index is 5.63. The Morgan fingerprint density at radius 2 is 2.11 bits per heavy atom. The summed E-state index contributed by atoms with van der Waals surface area (Å²) in [5.41, 5.74) is 7.75. The summed E-state index contributed by atoms with van der Waals surface area (Å²) < 4.78 is 0. The molecular formula is C14H24N4. The fraction of sp³-hybridized carbons (Fsp3) is 0.643. The van der Waals surface area contributed by atoms with E-state index in [1.165, 1.54) is 6.42 Å². The zero-order valence-electron chi connectivity index (χ0n) is 11.5.